The lowest BCUT2D eigenvalue weighted by Gasteiger charge is -2.28. The molecule has 0 amide bonds. The summed E-state index contributed by atoms with van der Waals surface area (Å²) in [6.07, 6.45) is 8.91. The largest absolute Gasteiger partial charge is 0.497 e. The third-order valence-corrected chi connectivity index (χ3v) is 5.66. The van der Waals surface area contributed by atoms with Gasteiger partial charge in [-0.3, -0.25) is 5.43 Å². The van der Waals surface area contributed by atoms with Crippen molar-refractivity contribution in [2.24, 2.45) is 5.10 Å². The first-order chi connectivity index (χ1) is 15.8. The molecule has 0 radical (unpaired) electrons. The van der Waals surface area contributed by atoms with Crippen molar-refractivity contribution in [2.75, 3.05) is 30.5 Å². The number of rotatable bonds is 6. The maximum atomic E-state index is 5.32. The molecule has 32 heavy (non-hydrogen) atoms. The number of hydrazone groups is 1. The first-order valence-electron chi connectivity index (χ1n) is 10.8. The zero-order valence-corrected chi connectivity index (χ0v) is 18.0. The average Bonchev–Trinajstić information content (AvgIpc) is 3.30. The molecule has 0 aliphatic carbocycles. The molecule has 1 N–H and O–H groups in total. The Balaban J connectivity index is 1.32. The molecule has 8 heteroatoms. The van der Waals surface area contributed by atoms with Crippen LogP contribution in [0.3, 0.4) is 0 Å². The maximum absolute atomic E-state index is 5.32. The molecule has 1 aliphatic heterocycles. The summed E-state index contributed by atoms with van der Waals surface area (Å²) in [5, 5.41) is 9.65. The molecule has 1 aliphatic rings. The fourth-order valence-electron chi connectivity index (χ4n) is 3.96. The van der Waals surface area contributed by atoms with Crippen molar-refractivity contribution in [3.63, 3.8) is 0 Å². The second-order valence-electron chi connectivity index (χ2n) is 7.73. The standard InChI is InChI=1S/C24H25N7O/c1-32-21-7-5-6-20(14-21)31-24-22(16-28-31)23(25-17-26-24)29-27-15-18-8-10-19(11-9-18)30-12-3-2-4-13-30/h5-11,14-17H,2-4,12-13H2,1H3,(H,25,26,29)/b27-15+. The fraction of sp³-hybridized carbons (Fsp3) is 0.250. The Morgan fingerprint density at radius 2 is 1.84 bits per heavy atom. The van der Waals surface area contributed by atoms with Crippen molar-refractivity contribution in [2.45, 2.75) is 19.3 Å². The lowest BCUT2D eigenvalue weighted by Crippen LogP contribution is -2.29. The third kappa shape index (κ3) is 4.12. The molecule has 0 bridgehead atoms. The van der Waals surface area contributed by atoms with E-state index in [-0.39, 0.29) is 0 Å². The SMILES string of the molecule is COc1cccc(-n2ncc3c(N/N=C/c4ccc(N5CCCCC5)cc4)ncnc32)c1. The highest BCUT2D eigenvalue weighted by Crippen LogP contribution is 2.24. The van der Waals surface area contributed by atoms with Crippen molar-refractivity contribution in [1.29, 1.82) is 0 Å². The molecule has 0 atom stereocenters. The van der Waals surface area contributed by atoms with Crippen LogP contribution < -0.4 is 15.1 Å². The second-order valence-corrected chi connectivity index (χ2v) is 7.73. The molecule has 5 rings (SSSR count). The van der Waals surface area contributed by atoms with Gasteiger partial charge in [0.25, 0.3) is 0 Å². The van der Waals surface area contributed by atoms with Crippen molar-refractivity contribution in [3.8, 4) is 11.4 Å². The van der Waals surface area contributed by atoms with Crippen molar-refractivity contribution in [3.05, 3.63) is 66.6 Å². The maximum Gasteiger partial charge on any atom is 0.168 e. The van der Waals surface area contributed by atoms with Crippen LogP contribution in [0.2, 0.25) is 0 Å². The van der Waals surface area contributed by atoms with Gasteiger partial charge in [-0.25, -0.2) is 14.6 Å². The van der Waals surface area contributed by atoms with Gasteiger partial charge in [0.2, 0.25) is 0 Å². The molecule has 8 nitrogen and oxygen atoms in total. The van der Waals surface area contributed by atoms with Crippen LogP contribution in [0.4, 0.5) is 11.5 Å². The highest BCUT2D eigenvalue weighted by atomic mass is 16.5. The number of methoxy groups -OCH3 is 1. The molecule has 1 saturated heterocycles. The topological polar surface area (TPSA) is 80.5 Å². The molecule has 0 unspecified atom stereocenters. The van der Waals surface area contributed by atoms with Crippen LogP contribution in [-0.2, 0) is 0 Å². The Hall–Kier alpha value is -3.94. The Kier molecular flexibility index (Phi) is 5.65. The molecule has 3 heterocycles. The van der Waals surface area contributed by atoms with E-state index in [4.69, 9.17) is 4.74 Å². The number of benzene rings is 2. The van der Waals surface area contributed by atoms with Gasteiger partial charge in [-0.1, -0.05) is 18.2 Å². The van der Waals surface area contributed by atoms with Crippen molar-refractivity contribution >= 4 is 28.8 Å². The van der Waals surface area contributed by atoms with Crippen LogP contribution in [0.1, 0.15) is 24.8 Å². The van der Waals surface area contributed by atoms with E-state index in [2.05, 4.69) is 54.8 Å². The monoisotopic (exact) mass is 427 g/mol. The van der Waals surface area contributed by atoms with E-state index in [0.29, 0.717) is 11.5 Å². The number of nitrogens with one attached hydrogen (secondary N) is 1. The van der Waals surface area contributed by atoms with Crippen LogP contribution in [0, 0.1) is 0 Å². The first-order valence-corrected chi connectivity index (χ1v) is 10.8. The lowest BCUT2D eigenvalue weighted by molar-refractivity contribution is 0.414. The van der Waals surface area contributed by atoms with E-state index >= 15 is 0 Å². The van der Waals surface area contributed by atoms with E-state index in [0.717, 1.165) is 35.5 Å². The molecule has 4 aromatic rings. The first kappa shape index (κ1) is 20.0. The smallest absolute Gasteiger partial charge is 0.168 e. The van der Waals surface area contributed by atoms with Gasteiger partial charge >= 0.3 is 0 Å². The normalized spacial score (nSPS) is 14.2. The van der Waals surface area contributed by atoms with Gasteiger partial charge < -0.3 is 9.64 Å². The lowest BCUT2D eigenvalue weighted by atomic mass is 10.1. The zero-order valence-electron chi connectivity index (χ0n) is 18.0. The number of aromatic nitrogens is 4. The molecule has 0 saturated carbocycles. The fourth-order valence-corrected chi connectivity index (χ4v) is 3.96. The summed E-state index contributed by atoms with van der Waals surface area (Å²) < 4.78 is 7.08. The summed E-state index contributed by atoms with van der Waals surface area (Å²) in [5.41, 5.74) is 6.88. The summed E-state index contributed by atoms with van der Waals surface area (Å²) in [5.74, 6) is 1.36. The summed E-state index contributed by atoms with van der Waals surface area (Å²) in [6, 6.07) is 16.2. The number of fused-ring (bicyclic) bond motifs is 1. The third-order valence-electron chi connectivity index (χ3n) is 5.66. The Morgan fingerprint density at radius 1 is 1.00 bits per heavy atom. The number of nitrogens with zero attached hydrogens (tertiary/aromatic N) is 6. The van der Waals surface area contributed by atoms with E-state index < -0.39 is 0 Å². The average molecular weight is 428 g/mol. The Morgan fingerprint density at radius 3 is 2.66 bits per heavy atom. The summed E-state index contributed by atoms with van der Waals surface area (Å²) in [6.45, 7) is 2.28. The van der Waals surface area contributed by atoms with Gasteiger partial charge in [-0.2, -0.15) is 10.2 Å². The molecule has 2 aromatic heterocycles. The van der Waals surface area contributed by atoms with Crippen molar-refractivity contribution in [1.82, 2.24) is 19.7 Å². The Labute approximate surface area is 186 Å². The second kappa shape index (κ2) is 9.05. The molecule has 162 valence electrons. The molecular formula is C24H25N7O. The predicted octanol–water partition coefficient (Wildman–Crippen LogP) is 4.26. The minimum atomic E-state index is 0.602. The van der Waals surface area contributed by atoms with Crippen LogP contribution in [0.25, 0.3) is 16.7 Å². The molecular weight excluding hydrogens is 402 g/mol. The predicted molar refractivity (Wildman–Crippen MR) is 127 cm³/mol. The van der Waals surface area contributed by atoms with Gasteiger partial charge in [0.15, 0.2) is 11.5 Å². The van der Waals surface area contributed by atoms with Gasteiger partial charge in [0.05, 0.1) is 30.6 Å². The van der Waals surface area contributed by atoms with E-state index in [9.17, 15) is 0 Å². The summed E-state index contributed by atoms with van der Waals surface area (Å²) in [7, 11) is 1.64. The van der Waals surface area contributed by atoms with Gasteiger partial charge in [0.1, 0.15) is 12.1 Å². The highest BCUT2D eigenvalue weighted by molar-refractivity contribution is 5.88. The van der Waals surface area contributed by atoms with E-state index in [1.807, 2.05) is 24.3 Å². The summed E-state index contributed by atoms with van der Waals surface area (Å²) >= 11 is 0. The summed E-state index contributed by atoms with van der Waals surface area (Å²) in [4.78, 5) is 11.2. The minimum absolute atomic E-state index is 0.602. The zero-order chi connectivity index (χ0) is 21.8. The quantitative estimate of drug-likeness (QED) is 0.366. The number of piperidine rings is 1. The number of anilines is 2. The van der Waals surface area contributed by atoms with Crippen LogP contribution in [0.15, 0.2) is 66.2 Å². The Bertz CT molecular complexity index is 1230. The highest BCUT2D eigenvalue weighted by Gasteiger charge is 2.12. The van der Waals surface area contributed by atoms with E-state index in [1.165, 1.54) is 31.3 Å². The van der Waals surface area contributed by atoms with E-state index in [1.54, 1.807) is 24.2 Å². The minimum Gasteiger partial charge on any atom is -0.497 e. The van der Waals surface area contributed by atoms with Crippen molar-refractivity contribution < 1.29 is 4.74 Å². The molecule has 2 aromatic carbocycles. The van der Waals surface area contributed by atoms with Gasteiger partial charge in [0, 0.05) is 24.8 Å². The molecule has 0 spiro atoms. The number of ether oxygens (including phenoxy) is 1. The number of hydrogen-bond donors (Lipinski definition) is 1. The van der Waals surface area contributed by atoms with Crippen LogP contribution in [-0.4, -0.2) is 46.2 Å². The van der Waals surface area contributed by atoms with Crippen LogP contribution >= 0.6 is 0 Å². The number of hydrogen-bond acceptors (Lipinski definition) is 7. The van der Waals surface area contributed by atoms with Crippen LogP contribution in [0.5, 0.6) is 5.75 Å². The van der Waals surface area contributed by atoms with Gasteiger partial charge in [-0.15, -0.1) is 0 Å². The molecule has 1 fully saturated rings. The van der Waals surface area contributed by atoms with Gasteiger partial charge in [-0.05, 0) is 49.1 Å².